The van der Waals surface area contributed by atoms with Crippen LogP contribution < -0.4 is 14.8 Å². The molecule has 1 N–H and O–H groups in total. The van der Waals surface area contributed by atoms with Crippen LogP contribution in [0, 0.1) is 0 Å². The van der Waals surface area contributed by atoms with Gasteiger partial charge in [0.15, 0.2) is 0 Å². The minimum atomic E-state index is -0.727. The molecule has 0 saturated carbocycles. The molecule has 21 heavy (non-hydrogen) atoms. The van der Waals surface area contributed by atoms with Gasteiger partial charge in [-0.15, -0.1) is 0 Å². The highest BCUT2D eigenvalue weighted by atomic mass is 16.5. The van der Waals surface area contributed by atoms with Crippen molar-refractivity contribution in [3.05, 3.63) is 24.3 Å². The molecule has 118 valence electrons. The first-order valence-corrected chi connectivity index (χ1v) is 7.24. The molecule has 1 unspecified atom stereocenters. The van der Waals surface area contributed by atoms with E-state index in [1.165, 1.54) is 7.11 Å². The van der Waals surface area contributed by atoms with Crippen molar-refractivity contribution in [1.29, 1.82) is 0 Å². The minimum Gasteiger partial charge on any atom is -0.494 e. The third kappa shape index (κ3) is 5.27. The van der Waals surface area contributed by atoms with E-state index in [0.717, 1.165) is 11.5 Å². The molecule has 0 bridgehead atoms. The Morgan fingerprint density at radius 1 is 1.14 bits per heavy atom. The van der Waals surface area contributed by atoms with Crippen molar-refractivity contribution in [2.24, 2.45) is 0 Å². The zero-order valence-electron chi connectivity index (χ0n) is 13.3. The molecule has 1 aromatic carbocycles. The molecule has 1 rings (SSSR count). The Morgan fingerprint density at radius 3 is 2.19 bits per heavy atom. The molecule has 0 aliphatic rings. The molecule has 1 aromatic rings. The van der Waals surface area contributed by atoms with Gasteiger partial charge in [0, 0.05) is 6.42 Å². The predicted octanol–water partition coefficient (Wildman–Crippen LogP) is 2.40. The van der Waals surface area contributed by atoms with Gasteiger partial charge in [-0.1, -0.05) is 6.92 Å². The topological polar surface area (TPSA) is 56.8 Å². The van der Waals surface area contributed by atoms with E-state index in [0.29, 0.717) is 26.2 Å². The van der Waals surface area contributed by atoms with Crippen molar-refractivity contribution in [3.8, 4) is 11.5 Å². The van der Waals surface area contributed by atoms with Crippen LogP contribution in [-0.4, -0.2) is 38.4 Å². The Kier molecular flexibility index (Phi) is 7.02. The minimum absolute atomic E-state index is 0.278. The van der Waals surface area contributed by atoms with Crippen LogP contribution in [0.15, 0.2) is 24.3 Å². The van der Waals surface area contributed by atoms with Crippen LogP contribution >= 0.6 is 0 Å². The second-order valence-electron chi connectivity index (χ2n) is 4.86. The molecule has 0 fully saturated rings. The molecule has 1 atom stereocenters. The van der Waals surface area contributed by atoms with E-state index in [-0.39, 0.29) is 5.97 Å². The Balaban J connectivity index is 2.51. The third-order valence-corrected chi connectivity index (χ3v) is 3.21. The van der Waals surface area contributed by atoms with Gasteiger partial charge in [-0.2, -0.15) is 0 Å². The summed E-state index contributed by atoms with van der Waals surface area (Å²) in [5, 5.41) is 3.15. The fraction of sp³-hybridized carbons (Fsp3) is 0.562. The summed E-state index contributed by atoms with van der Waals surface area (Å²) in [5.41, 5.74) is -0.727. The molecule has 0 aliphatic heterocycles. The van der Waals surface area contributed by atoms with Crippen LogP contribution in [0.1, 0.15) is 27.2 Å². The lowest BCUT2D eigenvalue weighted by atomic mass is 9.98. The van der Waals surface area contributed by atoms with E-state index < -0.39 is 5.54 Å². The fourth-order valence-electron chi connectivity index (χ4n) is 2.05. The summed E-state index contributed by atoms with van der Waals surface area (Å²) < 4.78 is 15.9. The summed E-state index contributed by atoms with van der Waals surface area (Å²) in [7, 11) is 1.39. The van der Waals surface area contributed by atoms with Crippen molar-refractivity contribution < 1.29 is 19.0 Å². The summed E-state index contributed by atoms with van der Waals surface area (Å²) in [6, 6.07) is 7.44. The highest BCUT2D eigenvalue weighted by Gasteiger charge is 2.33. The van der Waals surface area contributed by atoms with Gasteiger partial charge in [0.1, 0.15) is 17.0 Å². The van der Waals surface area contributed by atoms with Gasteiger partial charge in [0.25, 0.3) is 0 Å². The molecule has 0 aromatic heterocycles. The zero-order valence-corrected chi connectivity index (χ0v) is 13.3. The maximum absolute atomic E-state index is 11.8. The second kappa shape index (κ2) is 8.52. The Morgan fingerprint density at radius 2 is 1.71 bits per heavy atom. The van der Waals surface area contributed by atoms with Crippen LogP contribution in [0.25, 0.3) is 0 Å². The van der Waals surface area contributed by atoms with Crippen molar-refractivity contribution >= 4 is 5.97 Å². The standard InChI is InChI=1S/C16H25NO4/c1-5-17-16(3,15(18)19-4)11-12-21-14-9-7-13(8-10-14)20-6-2/h7-10,17H,5-6,11-12H2,1-4H3. The zero-order chi connectivity index (χ0) is 15.7. The molecule has 0 radical (unpaired) electrons. The summed E-state index contributed by atoms with van der Waals surface area (Å²) in [4.78, 5) is 11.8. The molecule has 5 nitrogen and oxygen atoms in total. The Labute approximate surface area is 126 Å². The van der Waals surface area contributed by atoms with Gasteiger partial charge >= 0.3 is 5.97 Å². The van der Waals surface area contributed by atoms with Crippen molar-refractivity contribution in [2.45, 2.75) is 32.7 Å². The van der Waals surface area contributed by atoms with Crippen molar-refractivity contribution in [3.63, 3.8) is 0 Å². The predicted molar refractivity (Wildman–Crippen MR) is 81.8 cm³/mol. The highest BCUT2D eigenvalue weighted by Crippen LogP contribution is 2.19. The first kappa shape index (κ1) is 17.3. The third-order valence-electron chi connectivity index (χ3n) is 3.21. The maximum atomic E-state index is 11.8. The lowest BCUT2D eigenvalue weighted by molar-refractivity contribution is -0.148. The Bertz CT molecular complexity index is 432. The number of methoxy groups -OCH3 is 1. The van der Waals surface area contributed by atoms with E-state index in [1.54, 1.807) is 0 Å². The number of likely N-dealkylation sites (N-methyl/N-ethyl adjacent to an activating group) is 1. The van der Waals surface area contributed by atoms with E-state index in [9.17, 15) is 4.79 Å². The van der Waals surface area contributed by atoms with E-state index in [4.69, 9.17) is 14.2 Å². The molecule has 0 saturated heterocycles. The fourth-order valence-corrected chi connectivity index (χ4v) is 2.05. The number of nitrogens with one attached hydrogen (secondary N) is 1. The van der Waals surface area contributed by atoms with Gasteiger partial charge in [-0.3, -0.25) is 4.79 Å². The lowest BCUT2D eigenvalue weighted by Gasteiger charge is -2.27. The molecular weight excluding hydrogens is 270 g/mol. The molecule has 0 aliphatic carbocycles. The first-order valence-electron chi connectivity index (χ1n) is 7.24. The molecular formula is C16H25NO4. The van der Waals surface area contributed by atoms with Gasteiger partial charge < -0.3 is 19.5 Å². The van der Waals surface area contributed by atoms with Crippen LogP contribution in [0.4, 0.5) is 0 Å². The number of hydrogen-bond acceptors (Lipinski definition) is 5. The summed E-state index contributed by atoms with van der Waals surface area (Å²) in [6.07, 6.45) is 0.528. The number of esters is 1. The van der Waals surface area contributed by atoms with Crippen LogP contribution in [0.3, 0.4) is 0 Å². The van der Waals surface area contributed by atoms with Gasteiger partial charge in [0.05, 0.1) is 20.3 Å². The normalized spacial score (nSPS) is 13.3. The molecule has 5 heteroatoms. The number of ether oxygens (including phenoxy) is 3. The van der Waals surface area contributed by atoms with Crippen LogP contribution in [0.5, 0.6) is 11.5 Å². The van der Waals surface area contributed by atoms with E-state index in [2.05, 4.69) is 5.32 Å². The van der Waals surface area contributed by atoms with Crippen molar-refractivity contribution in [2.75, 3.05) is 26.9 Å². The van der Waals surface area contributed by atoms with Crippen molar-refractivity contribution in [1.82, 2.24) is 5.32 Å². The average Bonchev–Trinajstić information content (AvgIpc) is 2.48. The number of carbonyl (C=O) groups excluding carboxylic acids is 1. The summed E-state index contributed by atoms with van der Waals surface area (Å²) in [6.45, 7) is 7.47. The average molecular weight is 295 g/mol. The largest absolute Gasteiger partial charge is 0.494 e. The summed E-state index contributed by atoms with van der Waals surface area (Å²) >= 11 is 0. The highest BCUT2D eigenvalue weighted by molar-refractivity contribution is 5.80. The number of rotatable bonds is 9. The second-order valence-corrected chi connectivity index (χ2v) is 4.86. The smallest absolute Gasteiger partial charge is 0.325 e. The number of hydrogen-bond donors (Lipinski definition) is 1. The van der Waals surface area contributed by atoms with Gasteiger partial charge in [-0.25, -0.2) is 0 Å². The monoisotopic (exact) mass is 295 g/mol. The molecule has 0 heterocycles. The van der Waals surface area contributed by atoms with Gasteiger partial charge in [0.2, 0.25) is 0 Å². The summed E-state index contributed by atoms with van der Waals surface area (Å²) in [5.74, 6) is 1.29. The molecule has 0 amide bonds. The Hall–Kier alpha value is -1.75. The first-order chi connectivity index (χ1) is 10.1. The SMILES string of the molecule is CCNC(C)(CCOc1ccc(OCC)cc1)C(=O)OC. The maximum Gasteiger partial charge on any atom is 0.325 e. The van der Waals surface area contributed by atoms with E-state index in [1.807, 2.05) is 45.0 Å². The molecule has 0 spiro atoms. The van der Waals surface area contributed by atoms with Crippen LogP contribution in [-0.2, 0) is 9.53 Å². The number of benzene rings is 1. The lowest BCUT2D eigenvalue weighted by Crippen LogP contribution is -2.51. The quantitative estimate of drug-likeness (QED) is 0.709. The van der Waals surface area contributed by atoms with Gasteiger partial charge in [-0.05, 0) is 44.7 Å². The van der Waals surface area contributed by atoms with Crippen LogP contribution in [0.2, 0.25) is 0 Å². The number of carbonyl (C=O) groups is 1. The van der Waals surface area contributed by atoms with E-state index >= 15 is 0 Å².